The van der Waals surface area contributed by atoms with Gasteiger partial charge in [0.25, 0.3) is 0 Å². The Balaban J connectivity index is 2.59. The van der Waals surface area contributed by atoms with E-state index in [1.165, 1.54) is 0 Å². The highest BCUT2D eigenvalue weighted by atomic mass is 79.9. The summed E-state index contributed by atoms with van der Waals surface area (Å²) in [6.45, 7) is 5.06. The van der Waals surface area contributed by atoms with Gasteiger partial charge in [0.1, 0.15) is 0 Å². The highest BCUT2D eigenvalue weighted by Gasteiger charge is 2.14. The molecule has 0 heterocycles. The zero-order chi connectivity index (χ0) is 11.3. The number of hydrogen-bond acceptors (Lipinski definition) is 2. The van der Waals surface area contributed by atoms with Crippen LogP contribution in [-0.4, -0.2) is 17.7 Å². The van der Waals surface area contributed by atoms with Crippen LogP contribution in [0.4, 0.5) is 0 Å². The minimum Gasteiger partial charge on any atom is -0.387 e. The molecule has 0 aliphatic rings. The van der Waals surface area contributed by atoms with Crippen LogP contribution in [0.25, 0.3) is 0 Å². The minimum atomic E-state index is -0.440. The monoisotopic (exact) mass is 271 g/mol. The molecule has 0 saturated carbocycles. The number of hydrogen-bond donors (Lipinski definition) is 2. The second-order valence-corrected chi connectivity index (χ2v) is 4.65. The molecule has 0 saturated heterocycles. The highest BCUT2D eigenvalue weighted by Crippen LogP contribution is 2.19. The molecule has 84 valence electrons. The third-order valence-electron chi connectivity index (χ3n) is 2.40. The van der Waals surface area contributed by atoms with Crippen molar-refractivity contribution >= 4 is 15.9 Å². The van der Waals surface area contributed by atoms with Crippen molar-refractivity contribution in [2.24, 2.45) is 0 Å². The van der Waals surface area contributed by atoms with E-state index in [2.05, 4.69) is 28.2 Å². The molecule has 15 heavy (non-hydrogen) atoms. The predicted molar refractivity (Wildman–Crippen MR) is 66.9 cm³/mol. The average Bonchev–Trinajstić information content (AvgIpc) is 2.26. The normalized spacial score (nSPS) is 14.9. The summed E-state index contributed by atoms with van der Waals surface area (Å²) in [5.41, 5.74) is 0.953. The summed E-state index contributed by atoms with van der Waals surface area (Å²) in [6.07, 6.45) is 0.641. The predicted octanol–water partition coefficient (Wildman–Crippen LogP) is 2.87. The first kappa shape index (κ1) is 12.7. The van der Waals surface area contributed by atoms with Gasteiger partial charge in [-0.15, -0.1) is 0 Å². The Labute approximate surface area is 99.8 Å². The number of rotatable bonds is 5. The van der Waals surface area contributed by atoms with Crippen molar-refractivity contribution in [1.29, 1.82) is 0 Å². The van der Waals surface area contributed by atoms with Crippen molar-refractivity contribution in [1.82, 2.24) is 5.32 Å². The minimum absolute atomic E-state index is 0.0890. The second-order valence-electron chi connectivity index (χ2n) is 3.74. The second kappa shape index (κ2) is 6.26. The van der Waals surface area contributed by atoms with Crippen LogP contribution in [0.5, 0.6) is 0 Å². The Morgan fingerprint density at radius 3 is 2.47 bits per heavy atom. The first-order valence-electron chi connectivity index (χ1n) is 5.32. The SMILES string of the molecule is CCCNC(C)C(O)c1ccc(Br)cc1. The largest absolute Gasteiger partial charge is 0.387 e. The van der Waals surface area contributed by atoms with E-state index < -0.39 is 6.10 Å². The molecule has 0 spiro atoms. The fourth-order valence-corrected chi connectivity index (χ4v) is 1.70. The van der Waals surface area contributed by atoms with Crippen LogP contribution in [0, 0.1) is 0 Å². The van der Waals surface area contributed by atoms with Gasteiger partial charge in [-0.05, 0) is 37.6 Å². The molecule has 0 aromatic heterocycles. The van der Waals surface area contributed by atoms with Gasteiger partial charge in [0.2, 0.25) is 0 Å². The van der Waals surface area contributed by atoms with E-state index >= 15 is 0 Å². The Morgan fingerprint density at radius 1 is 1.33 bits per heavy atom. The van der Waals surface area contributed by atoms with Crippen LogP contribution >= 0.6 is 15.9 Å². The van der Waals surface area contributed by atoms with E-state index in [4.69, 9.17) is 0 Å². The van der Waals surface area contributed by atoms with Gasteiger partial charge >= 0.3 is 0 Å². The van der Waals surface area contributed by atoms with Crippen molar-refractivity contribution in [2.75, 3.05) is 6.54 Å². The van der Waals surface area contributed by atoms with Gasteiger partial charge in [0.15, 0.2) is 0 Å². The topological polar surface area (TPSA) is 32.3 Å². The van der Waals surface area contributed by atoms with Crippen molar-refractivity contribution in [3.63, 3.8) is 0 Å². The Kier molecular flexibility index (Phi) is 5.29. The molecular weight excluding hydrogens is 254 g/mol. The number of aliphatic hydroxyl groups excluding tert-OH is 1. The van der Waals surface area contributed by atoms with Crippen LogP contribution in [-0.2, 0) is 0 Å². The van der Waals surface area contributed by atoms with Crippen molar-refractivity contribution < 1.29 is 5.11 Å². The maximum absolute atomic E-state index is 10.0. The molecule has 2 N–H and O–H groups in total. The van der Waals surface area contributed by atoms with Crippen molar-refractivity contribution in [3.05, 3.63) is 34.3 Å². The first-order chi connectivity index (χ1) is 7.15. The molecule has 0 aliphatic heterocycles. The lowest BCUT2D eigenvalue weighted by Gasteiger charge is -2.20. The molecule has 3 heteroatoms. The van der Waals surface area contributed by atoms with Gasteiger partial charge in [-0.1, -0.05) is 35.0 Å². The van der Waals surface area contributed by atoms with Crippen LogP contribution in [0.15, 0.2) is 28.7 Å². The zero-order valence-corrected chi connectivity index (χ0v) is 10.8. The van der Waals surface area contributed by atoms with E-state index in [0.717, 1.165) is 23.0 Å². The van der Waals surface area contributed by atoms with Gasteiger partial charge in [-0.2, -0.15) is 0 Å². The standard InChI is InChI=1S/C12H18BrNO/c1-3-8-14-9(2)12(15)10-4-6-11(13)7-5-10/h4-7,9,12,14-15H,3,8H2,1-2H3. The van der Waals surface area contributed by atoms with Crippen LogP contribution in [0.1, 0.15) is 31.9 Å². The molecule has 2 unspecified atom stereocenters. The maximum atomic E-state index is 10.0. The van der Waals surface area contributed by atoms with Crippen LogP contribution in [0.2, 0.25) is 0 Å². The summed E-state index contributed by atoms with van der Waals surface area (Å²) >= 11 is 3.38. The van der Waals surface area contributed by atoms with Crippen molar-refractivity contribution in [3.8, 4) is 0 Å². The highest BCUT2D eigenvalue weighted by molar-refractivity contribution is 9.10. The molecule has 2 nitrogen and oxygen atoms in total. The Hall–Kier alpha value is -0.380. The molecule has 2 atom stereocenters. The van der Waals surface area contributed by atoms with Gasteiger partial charge < -0.3 is 10.4 Å². The fraction of sp³-hybridized carbons (Fsp3) is 0.500. The molecular formula is C12H18BrNO. The summed E-state index contributed by atoms with van der Waals surface area (Å²) in [5.74, 6) is 0. The van der Waals surface area contributed by atoms with Gasteiger partial charge in [0.05, 0.1) is 6.10 Å². The molecule has 0 radical (unpaired) electrons. The van der Waals surface area contributed by atoms with E-state index in [-0.39, 0.29) is 6.04 Å². The zero-order valence-electron chi connectivity index (χ0n) is 9.20. The molecule has 1 rings (SSSR count). The summed E-state index contributed by atoms with van der Waals surface area (Å²) in [6, 6.07) is 7.87. The third-order valence-corrected chi connectivity index (χ3v) is 2.93. The molecule has 0 amide bonds. The van der Waals surface area contributed by atoms with E-state index in [0.29, 0.717) is 0 Å². The number of benzene rings is 1. The average molecular weight is 272 g/mol. The lowest BCUT2D eigenvalue weighted by atomic mass is 10.0. The number of aliphatic hydroxyl groups is 1. The van der Waals surface area contributed by atoms with E-state index in [1.54, 1.807) is 0 Å². The quantitative estimate of drug-likeness (QED) is 0.863. The summed E-state index contributed by atoms with van der Waals surface area (Å²) < 4.78 is 1.03. The lowest BCUT2D eigenvalue weighted by molar-refractivity contribution is 0.136. The number of nitrogens with one attached hydrogen (secondary N) is 1. The third kappa shape index (κ3) is 3.93. The lowest BCUT2D eigenvalue weighted by Crippen LogP contribution is -2.32. The van der Waals surface area contributed by atoms with Gasteiger partial charge in [-0.25, -0.2) is 0 Å². The Bertz CT molecular complexity index is 286. The summed E-state index contributed by atoms with van der Waals surface area (Å²) in [7, 11) is 0. The molecule has 0 aliphatic carbocycles. The molecule has 0 bridgehead atoms. The molecule has 1 aromatic carbocycles. The Morgan fingerprint density at radius 2 is 1.93 bits per heavy atom. The first-order valence-corrected chi connectivity index (χ1v) is 6.11. The van der Waals surface area contributed by atoms with Crippen molar-refractivity contribution in [2.45, 2.75) is 32.4 Å². The van der Waals surface area contributed by atoms with Crippen LogP contribution in [0.3, 0.4) is 0 Å². The van der Waals surface area contributed by atoms with E-state index in [1.807, 2.05) is 31.2 Å². The van der Waals surface area contributed by atoms with Gasteiger partial charge in [-0.3, -0.25) is 0 Å². The fourth-order valence-electron chi connectivity index (χ4n) is 1.43. The maximum Gasteiger partial charge on any atom is 0.0940 e. The molecule has 0 fully saturated rings. The van der Waals surface area contributed by atoms with Gasteiger partial charge in [0, 0.05) is 10.5 Å². The summed E-state index contributed by atoms with van der Waals surface area (Å²) in [4.78, 5) is 0. The van der Waals surface area contributed by atoms with Crippen LogP contribution < -0.4 is 5.32 Å². The molecule has 1 aromatic rings. The number of halogens is 1. The smallest absolute Gasteiger partial charge is 0.0940 e. The summed E-state index contributed by atoms with van der Waals surface area (Å²) in [5, 5.41) is 13.3. The van der Waals surface area contributed by atoms with E-state index in [9.17, 15) is 5.11 Å².